The molecule has 0 atom stereocenters. The molecule has 2 amide bonds. The van der Waals surface area contributed by atoms with Crippen LogP contribution in [0.1, 0.15) is 70.6 Å². The van der Waals surface area contributed by atoms with Crippen molar-refractivity contribution in [1.82, 2.24) is 25.2 Å². The molecule has 3 heterocycles. The molecule has 7 rings (SSSR count). The lowest BCUT2D eigenvalue weighted by molar-refractivity contribution is -0.131. The summed E-state index contributed by atoms with van der Waals surface area (Å²) in [5.41, 5.74) is 1.45. The van der Waals surface area contributed by atoms with Crippen LogP contribution < -0.4 is 15.4 Å². The average molecular weight is 492 g/mol. The fraction of sp³-hybridized carbons (Fsp3) is 0.423. The molecule has 3 fully saturated rings. The number of carbonyl (C=O) groups is 3. The summed E-state index contributed by atoms with van der Waals surface area (Å²) in [5, 5.41) is 9.73. The van der Waals surface area contributed by atoms with E-state index in [2.05, 4.69) is 20.7 Å². The summed E-state index contributed by atoms with van der Waals surface area (Å²) in [4.78, 5) is 41.7. The minimum Gasteiger partial charge on any atom is -0.426 e. The van der Waals surface area contributed by atoms with Crippen LogP contribution in [0.15, 0.2) is 30.5 Å². The Morgan fingerprint density at radius 3 is 2.67 bits per heavy atom. The molecule has 1 aliphatic heterocycles. The van der Waals surface area contributed by atoms with E-state index in [1.807, 2.05) is 0 Å². The molecule has 4 aliphatic rings. The van der Waals surface area contributed by atoms with Gasteiger partial charge in [-0.1, -0.05) is 6.07 Å². The predicted octanol–water partition coefficient (Wildman–Crippen LogP) is 2.96. The Balaban J connectivity index is 1.19. The van der Waals surface area contributed by atoms with E-state index in [1.54, 1.807) is 18.2 Å². The van der Waals surface area contributed by atoms with Crippen molar-refractivity contribution in [2.24, 2.45) is 11.3 Å². The molecule has 0 unspecified atom stereocenters. The zero-order valence-electron chi connectivity index (χ0n) is 19.7. The van der Waals surface area contributed by atoms with Gasteiger partial charge in [-0.2, -0.15) is 5.10 Å². The van der Waals surface area contributed by atoms with Gasteiger partial charge < -0.3 is 15.4 Å². The Kier molecular flexibility index (Phi) is 5.46. The molecular weight excluding hydrogens is 465 g/mol. The lowest BCUT2D eigenvalue weighted by Crippen LogP contribution is -2.43. The number of ether oxygens (including phenoxy) is 1. The maximum atomic E-state index is 14.4. The predicted molar refractivity (Wildman–Crippen MR) is 126 cm³/mol. The van der Waals surface area contributed by atoms with Gasteiger partial charge in [-0.3, -0.25) is 14.4 Å². The van der Waals surface area contributed by atoms with E-state index in [1.165, 1.54) is 25.3 Å². The van der Waals surface area contributed by atoms with Gasteiger partial charge in [0.25, 0.3) is 11.8 Å². The summed E-state index contributed by atoms with van der Waals surface area (Å²) < 4.78 is 20.6. The molecule has 1 aromatic carbocycles. The minimum atomic E-state index is -0.716. The molecular formula is C26H26FN5O4. The normalized spacial score (nSPS) is 22.4. The first-order valence-corrected chi connectivity index (χ1v) is 12.3. The average Bonchev–Trinajstić information content (AvgIpc) is 3.47. The molecule has 3 saturated carbocycles. The number of fused-ring (bicyclic) bond motifs is 5. The van der Waals surface area contributed by atoms with Gasteiger partial charge in [0.15, 0.2) is 11.5 Å². The summed E-state index contributed by atoms with van der Waals surface area (Å²) in [6, 6.07) is 6.58. The molecule has 186 valence electrons. The van der Waals surface area contributed by atoms with Gasteiger partial charge in [0.1, 0.15) is 17.1 Å². The van der Waals surface area contributed by atoms with E-state index < -0.39 is 17.6 Å². The number of rotatable bonds is 6. The number of nitrogens with one attached hydrogen (secondary N) is 2. The second kappa shape index (κ2) is 8.69. The van der Waals surface area contributed by atoms with Crippen LogP contribution in [0.5, 0.6) is 5.75 Å². The second-order valence-corrected chi connectivity index (χ2v) is 10.2. The summed E-state index contributed by atoms with van der Waals surface area (Å²) in [6.45, 7) is 0.720. The number of aromatic nitrogens is 3. The Morgan fingerprint density at radius 2 is 1.89 bits per heavy atom. The highest BCUT2D eigenvalue weighted by Gasteiger charge is 2.40. The fourth-order valence-electron chi connectivity index (χ4n) is 5.74. The largest absolute Gasteiger partial charge is 0.426 e. The Hall–Kier alpha value is -3.82. The quantitative estimate of drug-likeness (QED) is 0.405. The standard InChI is InChI=1S/C26H26FN5O4/c27-18-13-30-32-20(25(35)29-14-26-6-3-15(4-7-26)5-8-26)11-19(31-23(18)32)24(34)28-12-16-1-2-21-17(9-16)10-22(33)36-21/h1-2,9,11,13,15H,3-8,10,12,14H2,(H,28,34)(H,29,35). The van der Waals surface area contributed by atoms with E-state index in [-0.39, 0.29) is 41.4 Å². The van der Waals surface area contributed by atoms with Gasteiger partial charge in [0.05, 0.1) is 12.6 Å². The highest BCUT2D eigenvalue weighted by Crippen LogP contribution is 2.49. The number of hydrogen-bond donors (Lipinski definition) is 2. The Morgan fingerprint density at radius 1 is 1.11 bits per heavy atom. The molecule has 36 heavy (non-hydrogen) atoms. The van der Waals surface area contributed by atoms with E-state index in [9.17, 15) is 18.8 Å². The summed E-state index contributed by atoms with van der Waals surface area (Å²) in [7, 11) is 0. The van der Waals surface area contributed by atoms with E-state index in [4.69, 9.17) is 4.74 Å². The third kappa shape index (κ3) is 4.10. The van der Waals surface area contributed by atoms with E-state index in [0.29, 0.717) is 12.3 Å². The van der Waals surface area contributed by atoms with Gasteiger partial charge in [-0.25, -0.2) is 13.9 Å². The second-order valence-electron chi connectivity index (χ2n) is 10.2. The first-order valence-electron chi connectivity index (χ1n) is 12.3. The molecule has 2 aromatic heterocycles. The van der Waals surface area contributed by atoms with Gasteiger partial charge in [0.2, 0.25) is 0 Å². The number of halogens is 1. The maximum absolute atomic E-state index is 14.4. The first-order chi connectivity index (χ1) is 17.4. The topological polar surface area (TPSA) is 115 Å². The minimum absolute atomic E-state index is 0.0585. The smallest absolute Gasteiger partial charge is 0.315 e. The van der Waals surface area contributed by atoms with Gasteiger partial charge in [-0.15, -0.1) is 0 Å². The molecule has 3 aromatic rings. The highest BCUT2D eigenvalue weighted by atomic mass is 19.1. The van der Waals surface area contributed by atoms with Crippen molar-refractivity contribution in [3.05, 3.63) is 58.8 Å². The van der Waals surface area contributed by atoms with Crippen LogP contribution in [0, 0.1) is 17.2 Å². The van der Waals surface area contributed by atoms with Crippen molar-refractivity contribution in [3.8, 4) is 5.75 Å². The third-order valence-electron chi connectivity index (χ3n) is 7.90. The number of esters is 1. The number of hydrogen-bond acceptors (Lipinski definition) is 6. The zero-order chi connectivity index (χ0) is 24.9. The lowest BCUT2D eigenvalue weighted by atomic mass is 9.61. The van der Waals surface area contributed by atoms with E-state index in [0.717, 1.165) is 47.0 Å². The van der Waals surface area contributed by atoms with Crippen molar-refractivity contribution >= 4 is 23.4 Å². The lowest BCUT2D eigenvalue weighted by Gasteiger charge is -2.46. The van der Waals surface area contributed by atoms with Crippen LogP contribution in [-0.4, -0.2) is 38.9 Å². The fourth-order valence-corrected chi connectivity index (χ4v) is 5.74. The summed E-state index contributed by atoms with van der Waals surface area (Å²) in [6.07, 6.45) is 8.11. The molecule has 0 spiro atoms. The third-order valence-corrected chi connectivity index (χ3v) is 7.90. The Labute approximate surface area is 206 Å². The summed E-state index contributed by atoms with van der Waals surface area (Å²) >= 11 is 0. The van der Waals surface area contributed by atoms with Gasteiger partial charge >= 0.3 is 5.97 Å². The molecule has 2 N–H and O–H groups in total. The van der Waals surface area contributed by atoms with Crippen LogP contribution in [-0.2, 0) is 17.8 Å². The van der Waals surface area contributed by atoms with Crippen molar-refractivity contribution in [2.75, 3.05) is 6.54 Å². The van der Waals surface area contributed by atoms with Crippen molar-refractivity contribution in [2.45, 2.75) is 51.5 Å². The number of carbonyl (C=O) groups excluding carboxylic acids is 3. The van der Waals surface area contributed by atoms with Gasteiger partial charge in [0, 0.05) is 24.7 Å². The Bertz CT molecular complexity index is 1380. The van der Waals surface area contributed by atoms with Crippen molar-refractivity contribution in [3.63, 3.8) is 0 Å². The SMILES string of the molecule is O=C1Cc2cc(CNC(=O)c3cc(C(=O)NCC45CCC(CC4)CC5)n4ncc(F)c4n3)ccc2O1. The summed E-state index contributed by atoms with van der Waals surface area (Å²) in [5.74, 6) is -0.647. The number of amides is 2. The molecule has 10 heteroatoms. The molecule has 3 aliphatic carbocycles. The molecule has 2 bridgehead atoms. The van der Waals surface area contributed by atoms with Crippen LogP contribution in [0.25, 0.3) is 5.65 Å². The molecule has 9 nitrogen and oxygen atoms in total. The number of benzene rings is 1. The maximum Gasteiger partial charge on any atom is 0.315 e. The number of nitrogens with zero attached hydrogens (tertiary/aromatic N) is 3. The van der Waals surface area contributed by atoms with Crippen LogP contribution in [0.2, 0.25) is 0 Å². The first kappa shape index (κ1) is 22.6. The van der Waals surface area contributed by atoms with E-state index >= 15 is 0 Å². The van der Waals surface area contributed by atoms with Crippen LogP contribution in [0.4, 0.5) is 4.39 Å². The highest BCUT2D eigenvalue weighted by molar-refractivity contribution is 5.98. The van der Waals surface area contributed by atoms with Crippen LogP contribution >= 0.6 is 0 Å². The molecule has 0 radical (unpaired) electrons. The van der Waals surface area contributed by atoms with Gasteiger partial charge in [-0.05, 0) is 67.6 Å². The van der Waals surface area contributed by atoms with Crippen LogP contribution in [0.3, 0.4) is 0 Å². The van der Waals surface area contributed by atoms with Crippen molar-refractivity contribution in [1.29, 1.82) is 0 Å². The monoisotopic (exact) mass is 491 g/mol. The zero-order valence-corrected chi connectivity index (χ0v) is 19.7. The van der Waals surface area contributed by atoms with Crippen molar-refractivity contribution < 1.29 is 23.5 Å². The molecule has 0 saturated heterocycles.